The van der Waals surface area contributed by atoms with Crippen LogP contribution < -0.4 is 0 Å². The Balaban J connectivity index is 4.26. The van der Waals surface area contributed by atoms with Crippen LogP contribution in [0.1, 0.15) is 67.2 Å². The molecule has 0 aromatic carbocycles. The highest BCUT2D eigenvalue weighted by Crippen LogP contribution is 2.23. The first-order chi connectivity index (χ1) is 7.79. The van der Waals surface area contributed by atoms with E-state index in [1.807, 2.05) is 20.8 Å². The molecule has 0 heterocycles. The van der Waals surface area contributed by atoms with Gasteiger partial charge in [0.1, 0.15) is 5.60 Å². The number of allylic oxidation sites excluding steroid dienone is 2. The van der Waals surface area contributed by atoms with E-state index in [1.165, 1.54) is 5.57 Å². The molecule has 0 aromatic heterocycles. The molecule has 0 spiro atoms. The standard InChI is InChI=1S/C15H28O2/c1-7-15(6,10-8-9-12(2)3)17-14(16)11-13(4)5/h9,13H,7-8,10-11H2,1-6H3. The minimum Gasteiger partial charge on any atom is -0.459 e. The van der Waals surface area contributed by atoms with Gasteiger partial charge >= 0.3 is 5.97 Å². The number of hydrogen-bond acceptors (Lipinski definition) is 2. The number of rotatable bonds is 7. The van der Waals surface area contributed by atoms with Gasteiger partial charge in [-0.2, -0.15) is 0 Å². The fraction of sp³-hybridized carbons (Fsp3) is 0.800. The summed E-state index contributed by atoms with van der Waals surface area (Å²) in [7, 11) is 0. The van der Waals surface area contributed by atoms with Crippen LogP contribution in [0, 0.1) is 5.92 Å². The molecule has 100 valence electrons. The quantitative estimate of drug-likeness (QED) is 0.484. The minimum absolute atomic E-state index is 0.0680. The highest BCUT2D eigenvalue weighted by Gasteiger charge is 2.26. The van der Waals surface area contributed by atoms with Crippen molar-refractivity contribution in [1.29, 1.82) is 0 Å². The summed E-state index contributed by atoms with van der Waals surface area (Å²) >= 11 is 0. The zero-order chi connectivity index (χ0) is 13.5. The van der Waals surface area contributed by atoms with Gasteiger partial charge in [0.25, 0.3) is 0 Å². The molecule has 0 aliphatic rings. The lowest BCUT2D eigenvalue weighted by molar-refractivity contribution is -0.160. The van der Waals surface area contributed by atoms with Gasteiger partial charge in [0, 0.05) is 6.42 Å². The second-order valence-corrected chi connectivity index (χ2v) is 5.70. The summed E-state index contributed by atoms with van der Waals surface area (Å²) in [6.07, 6.45) is 5.45. The van der Waals surface area contributed by atoms with Crippen molar-refractivity contribution in [3.05, 3.63) is 11.6 Å². The first-order valence-corrected chi connectivity index (χ1v) is 6.64. The summed E-state index contributed by atoms with van der Waals surface area (Å²) in [4.78, 5) is 11.7. The molecule has 0 radical (unpaired) electrons. The predicted octanol–water partition coefficient (Wildman–Crippen LogP) is 4.49. The van der Waals surface area contributed by atoms with Crippen molar-refractivity contribution in [2.45, 2.75) is 72.8 Å². The second kappa shape index (κ2) is 7.52. The fourth-order valence-corrected chi connectivity index (χ4v) is 1.62. The maximum atomic E-state index is 11.7. The second-order valence-electron chi connectivity index (χ2n) is 5.70. The highest BCUT2D eigenvalue weighted by molar-refractivity contribution is 5.70. The number of carbonyl (C=O) groups excluding carboxylic acids is 1. The largest absolute Gasteiger partial charge is 0.459 e. The van der Waals surface area contributed by atoms with E-state index in [0.717, 1.165) is 19.3 Å². The van der Waals surface area contributed by atoms with Gasteiger partial charge in [0.15, 0.2) is 0 Å². The van der Waals surface area contributed by atoms with Crippen molar-refractivity contribution >= 4 is 5.97 Å². The van der Waals surface area contributed by atoms with Gasteiger partial charge in [-0.15, -0.1) is 0 Å². The average Bonchev–Trinajstić information content (AvgIpc) is 2.15. The Morgan fingerprint density at radius 1 is 1.35 bits per heavy atom. The van der Waals surface area contributed by atoms with Crippen LogP contribution >= 0.6 is 0 Å². The van der Waals surface area contributed by atoms with Crippen LogP contribution in [0.3, 0.4) is 0 Å². The molecule has 0 fully saturated rings. The lowest BCUT2D eigenvalue weighted by atomic mass is 9.96. The van der Waals surface area contributed by atoms with Gasteiger partial charge in [0.05, 0.1) is 0 Å². The molecule has 1 atom stereocenters. The maximum absolute atomic E-state index is 11.7. The molecule has 0 saturated heterocycles. The number of esters is 1. The van der Waals surface area contributed by atoms with Crippen LogP contribution in [0.5, 0.6) is 0 Å². The smallest absolute Gasteiger partial charge is 0.306 e. The van der Waals surface area contributed by atoms with Crippen molar-refractivity contribution in [3.63, 3.8) is 0 Å². The van der Waals surface area contributed by atoms with Gasteiger partial charge in [-0.05, 0) is 46.0 Å². The number of hydrogen-bond donors (Lipinski definition) is 0. The SMILES string of the molecule is CCC(C)(CCC=C(C)C)OC(=O)CC(C)C. The van der Waals surface area contributed by atoms with Crippen molar-refractivity contribution in [1.82, 2.24) is 0 Å². The molecule has 0 bridgehead atoms. The van der Waals surface area contributed by atoms with Crippen LogP contribution in [0.4, 0.5) is 0 Å². The van der Waals surface area contributed by atoms with Gasteiger partial charge < -0.3 is 4.74 Å². The van der Waals surface area contributed by atoms with Crippen molar-refractivity contribution in [2.24, 2.45) is 5.92 Å². The first-order valence-electron chi connectivity index (χ1n) is 6.64. The van der Waals surface area contributed by atoms with E-state index in [0.29, 0.717) is 12.3 Å². The Kier molecular flexibility index (Phi) is 7.17. The minimum atomic E-state index is -0.308. The van der Waals surface area contributed by atoms with E-state index in [2.05, 4.69) is 26.8 Å². The average molecular weight is 240 g/mol. The van der Waals surface area contributed by atoms with E-state index in [4.69, 9.17) is 4.74 Å². The molecule has 1 unspecified atom stereocenters. The molecule has 0 aliphatic heterocycles. The third kappa shape index (κ3) is 8.00. The molecule has 0 N–H and O–H groups in total. The van der Waals surface area contributed by atoms with Crippen LogP contribution in [0.15, 0.2) is 11.6 Å². The Labute approximate surface area is 106 Å². The number of ether oxygens (including phenoxy) is 1. The first kappa shape index (κ1) is 16.2. The molecular formula is C15H28O2. The highest BCUT2D eigenvalue weighted by atomic mass is 16.6. The molecule has 2 nitrogen and oxygen atoms in total. The third-order valence-electron chi connectivity index (χ3n) is 2.91. The zero-order valence-electron chi connectivity index (χ0n) is 12.3. The predicted molar refractivity (Wildman–Crippen MR) is 72.9 cm³/mol. The van der Waals surface area contributed by atoms with E-state index in [1.54, 1.807) is 0 Å². The van der Waals surface area contributed by atoms with E-state index in [-0.39, 0.29) is 11.6 Å². The number of carbonyl (C=O) groups is 1. The zero-order valence-corrected chi connectivity index (χ0v) is 12.3. The van der Waals surface area contributed by atoms with Gasteiger partial charge in [0.2, 0.25) is 0 Å². The summed E-state index contributed by atoms with van der Waals surface area (Å²) in [6.45, 7) is 12.4. The van der Waals surface area contributed by atoms with Crippen LogP contribution in [-0.2, 0) is 9.53 Å². The monoisotopic (exact) mass is 240 g/mol. The lowest BCUT2D eigenvalue weighted by Crippen LogP contribution is -2.31. The van der Waals surface area contributed by atoms with Crippen molar-refractivity contribution < 1.29 is 9.53 Å². The summed E-state index contributed by atoms with van der Waals surface area (Å²) in [6, 6.07) is 0. The molecule has 0 aliphatic carbocycles. The molecule has 0 saturated carbocycles. The molecule has 2 heteroatoms. The Morgan fingerprint density at radius 3 is 2.35 bits per heavy atom. The van der Waals surface area contributed by atoms with Gasteiger partial charge in [-0.3, -0.25) is 4.79 Å². The van der Waals surface area contributed by atoms with E-state index >= 15 is 0 Å². The summed E-state index contributed by atoms with van der Waals surface area (Å²) < 4.78 is 5.61. The Morgan fingerprint density at radius 2 is 1.94 bits per heavy atom. The van der Waals surface area contributed by atoms with Crippen molar-refractivity contribution in [2.75, 3.05) is 0 Å². The third-order valence-corrected chi connectivity index (χ3v) is 2.91. The van der Waals surface area contributed by atoms with Crippen LogP contribution in [0.2, 0.25) is 0 Å². The lowest BCUT2D eigenvalue weighted by Gasteiger charge is -2.28. The Hall–Kier alpha value is -0.790. The fourth-order valence-electron chi connectivity index (χ4n) is 1.62. The topological polar surface area (TPSA) is 26.3 Å². The van der Waals surface area contributed by atoms with Gasteiger partial charge in [-0.1, -0.05) is 32.4 Å². The van der Waals surface area contributed by atoms with Crippen LogP contribution in [0.25, 0.3) is 0 Å². The summed E-state index contributed by atoms with van der Waals surface area (Å²) in [5, 5.41) is 0. The van der Waals surface area contributed by atoms with Crippen molar-refractivity contribution in [3.8, 4) is 0 Å². The van der Waals surface area contributed by atoms with Crippen LogP contribution in [-0.4, -0.2) is 11.6 Å². The molecular weight excluding hydrogens is 212 g/mol. The van der Waals surface area contributed by atoms with E-state index in [9.17, 15) is 4.79 Å². The summed E-state index contributed by atoms with van der Waals surface area (Å²) in [5.74, 6) is 0.294. The van der Waals surface area contributed by atoms with Gasteiger partial charge in [-0.25, -0.2) is 0 Å². The molecule has 0 aromatic rings. The molecule has 17 heavy (non-hydrogen) atoms. The molecule has 0 rings (SSSR count). The Bertz CT molecular complexity index is 262. The van der Waals surface area contributed by atoms with E-state index < -0.39 is 0 Å². The maximum Gasteiger partial charge on any atom is 0.306 e. The summed E-state index contributed by atoms with van der Waals surface area (Å²) in [5.41, 5.74) is 1.01. The normalized spacial score (nSPS) is 14.3. The molecule has 0 amide bonds.